The van der Waals surface area contributed by atoms with Crippen LogP contribution < -0.4 is 5.32 Å². The molecule has 1 aliphatic heterocycles. The van der Waals surface area contributed by atoms with Crippen LogP contribution in [0.2, 0.25) is 0 Å². The molecule has 0 bridgehead atoms. The van der Waals surface area contributed by atoms with Crippen LogP contribution in [-0.4, -0.2) is 30.1 Å². The van der Waals surface area contributed by atoms with Gasteiger partial charge in [-0.15, -0.1) is 11.3 Å². The molecular weight excluding hydrogens is 296 g/mol. The zero-order valence-corrected chi connectivity index (χ0v) is 12.4. The van der Waals surface area contributed by atoms with Gasteiger partial charge in [0.05, 0.1) is 0 Å². The summed E-state index contributed by atoms with van der Waals surface area (Å²) in [5.74, 6) is 0. The zero-order chi connectivity index (χ0) is 11.7. The number of hydrogen-bond acceptors (Lipinski definition) is 3. The Balaban J connectivity index is 1.52. The van der Waals surface area contributed by atoms with Crippen LogP contribution >= 0.6 is 27.3 Å². The van der Waals surface area contributed by atoms with Crippen LogP contribution in [0.4, 0.5) is 0 Å². The number of piperidine rings is 1. The predicted molar refractivity (Wildman–Crippen MR) is 76.5 cm³/mol. The second-order valence-electron chi connectivity index (χ2n) is 5.25. The number of rotatable bonds is 4. The first kappa shape index (κ1) is 12.2. The third kappa shape index (κ3) is 3.53. The number of nitrogens with one attached hydrogen (secondary N) is 1. The Morgan fingerprint density at radius 1 is 1.35 bits per heavy atom. The van der Waals surface area contributed by atoms with Gasteiger partial charge in [0, 0.05) is 39.9 Å². The molecule has 1 atom stereocenters. The third-order valence-corrected chi connectivity index (χ3v) is 5.24. The van der Waals surface area contributed by atoms with E-state index in [0.29, 0.717) is 0 Å². The van der Waals surface area contributed by atoms with Crippen molar-refractivity contribution >= 4 is 27.3 Å². The first-order chi connectivity index (χ1) is 8.29. The van der Waals surface area contributed by atoms with E-state index in [2.05, 4.69) is 37.6 Å². The maximum Gasteiger partial charge on any atom is 0.0328 e. The van der Waals surface area contributed by atoms with Gasteiger partial charge in [0.25, 0.3) is 0 Å². The molecule has 4 heteroatoms. The van der Waals surface area contributed by atoms with Crippen LogP contribution in [0.15, 0.2) is 15.9 Å². The van der Waals surface area contributed by atoms with Crippen molar-refractivity contribution in [1.82, 2.24) is 10.2 Å². The van der Waals surface area contributed by atoms with Gasteiger partial charge in [0.15, 0.2) is 0 Å². The Bertz CT molecular complexity index is 375. The Hall–Kier alpha value is 0.1000. The fraction of sp³-hybridized carbons (Fsp3) is 0.692. The van der Waals surface area contributed by atoms with Crippen LogP contribution in [0.25, 0.3) is 0 Å². The Morgan fingerprint density at radius 3 is 2.94 bits per heavy atom. The molecule has 1 saturated carbocycles. The van der Waals surface area contributed by atoms with E-state index in [0.717, 1.165) is 18.6 Å². The standard InChI is InChI=1S/C13H19BrN2S/c14-10-6-13(17-9-10)8-16-5-1-2-12(7-16)15-11-3-4-11/h6,9,11-12,15H,1-5,7-8H2. The molecule has 1 aromatic rings. The summed E-state index contributed by atoms with van der Waals surface area (Å²) in [6, 6.07) is 3.83. The molecule has 94 valence electrons. The summed E-state index contributed by atoms with van der Waals surface area (Å²) in [7, 11) is 0. The molecule has 3 rings (SSSR count). The average molecular weight is 315 g/mol. The van der Waals surface area contributed by atoms with E-state index in [1.807, 2.05) is 11.3 Å². The normalized spacial score (nSPS) is 26.3. The van der Waals surface area contributed by atoms with Crippen molar-refractivity contribution in [2.24, 2.45) is 0 Å². The van der Waals surface area contributed by atoms with Crippen molar-refractivity contribution in [3.05, 3.63) is 20.8 Å². The molecule has 0 radical (unpaired) electrons. The zero-order valence-electron chi connectivity index (χ0n) is 9.99. The van der Waals surface area contributed by atoms with E-state index in [1.165, 1.54) is 48.1 Å². The number of thiophene rings is 1. The maximum atomic E-state index is 3.77. The Kier molecular flexibility index (Phi) is 3.85. The van der Waals surface area contributed by atoms with Crippen molar-refractivity contribution in [2.75, 3.05) is 13.1 Å². The molecule has 1 aromatic heterocycles. The van der Waals surface area contributed by atoms with Crippen LogP contribution in [0, 0.1) is 0 Å². The van der Waals surface area contributed by atoms with Gasteiger partial charge in [0.1, 0.15) is 0 Å². The lowest BCUT2D eigenvalue weighted by atomic mass is 10.1. The molecule has 1 aliphatic carbocycles. The van der Waals surface area contributed by atoms with Crippen molar-refractivity contribution in [2.45, 2.75) is 44.3 Å². The lowest BCUT2D eigenvalue weighted by Crippen LogP contribution is -2.45. The molecular formula is C13H19BrN2S. The van der Waals surface area contributed by atoms with Gasteiger partial charge in [0.2, 0.25) is 0 Å². The van der Waals surface area contributed by atoms with Gasteiger partial charge in [-0.05, 0) is 54.2 Å². The Labute approximate surface area is 116 Å². The van der Waals surface area contributed by atoms with Gasteiger partial charge < -0.3 is 5.32 Å². The summed E-state index contributed by atoms with van der Waals surface area (Å²) in [5, 5.41) is 5.95. The highest BCUT2D eigenvalue weighted by Crippen LogP contribution is 2.24. The smallest absolute Gasteiger partial charge is 0.0328 e. The number of nitrogens with zero attached hydrogens (tertiary/aromatic N) is 1. The third-order valence-electron chi connectivity index (χ3n) is 3.56. The van der Waals surface area contributed by atoms with Crippen molar-refractivity contribution in [1.29, 1.82) is 0 Å². The molecule has 1 N–H and O–H groups in total. The lowest BCUT2D eigenvalue weighted by molar-refractivity contribution is 0.184. The minimum Gasteiger partial charge on any atom is -0.310 e. The topological polar surface area (TPSA) is 15.3 Å². The molecule has 1 unspecified atom stereocenters. The number of likely N-dealkylation sites (tertiary alicyclic amines) is 1. The van der Waals surface area contributed by atoms with Crippen molar-refractivity contribution in [3.63, 3.8) is 0 Å². The van der Waals surface area contributed by atoms with Crippen molar-refractivity contribution < 1.29 is 0 Å². The lowest BCUT2D eigenvalue weighted by Gasteiger charge is -2.33. The first-order valence-corrected chi connectivity index (χ1v) is 8.18. The van der Waals surface area contributed by atoms with Crippen molar-refractivity contribution in [3.8, 4) is 0 Å². The van der Waals surface area contributed by atoms with Crippen LogP contribution in [0.1, 0.15) is 30.6 Å². The molecule has 0 amide bonds. The highest BCUT2D eigenvalue weighted by molar-refractivity contribution is 9.10. The second-order valence-corrected chi connectivity index (χ2v) is 7.16. The monoisotopic (exact) mass is 314 g/mol. The second kappa shape index (κ2) is 5.39. The summed E-state index contributed by atoms with van der Waals surface area (Å²) in [6.07, 6.45) is 5.50. The van der Waals surface area contributed by atoms with Gasteiger partial charge >= 0.3 is 0 Å². The molecule has 17 heavy (non-hydrogen) atoms. The fourth-order valence-electron chi connectivity index (χ4n) is 2.58. The molecule has 2 fully saturated rings. The number of halogens is 1. The largest absolute Gasteiger partial charge is 0.310 e. The van der Waals surface area contributed by atoms with Gasteiger partial charge in [-0.25, -0.2) is 0 Å². The van der Waals surface area contributed by atoms with E-state index in [4.69, 9.17) is 0 Å². The quantitative estimate of drug-likeness (QED) is 0.918. The summed E-state index contributed by atoms with van der Waals surface area (Å²) in [5.41, 5.74) is 0. The molecule has 0 aromatic carbocycles. The molecule has 1 saturated heterocycles. The van der Waals surface area contributed by atoms with Crippen LogP contribution in [-0.2, 0) is 6.54 Å². The van der Waals surface area contributed by atoms with E-state index < -0.39 is 0 Å². The molecule has 0 spiro atoms. The van der Waals surface area contributed by atoms with Gasteiger partial charge in [-0.1, -0.05) is 0 Å². The van der Waals surface area contributed by atoms with Gasteiger partial charge in [-0.2, -0.15) is 0 Å². The summed E-state index contributed by atoms with van der Waals surface area (Å²) >= 11 is 5.39. The van der Waals surface area contributed by atoms with E-state index >= 15 is 0 Å². The summed E-state index contributed by atoms with van der Waals surface area (Å²) in [4.78, 5) is 4.07. The van der Waals surface area contributed by atoms with E-state index in [-0.39, 0.29) is 0 Å². The predicted octanol–water partition coefficient (Wildman–Crippen LogP) is 3.23. The SMILES string of the molecule is Brc1csc(CN2CCCC(NC3CC3)C2)c1. The minimum absolute atomic E-state index is 0.736. The fourth-order valence-corrected chi connectivity index (χ4v) is 4.07. The first-order valence-electron chi connectivity index (χ1n) is 6.51. The summed E-state index contributed by atoms with van der Waals surface area (Å²) < 4.78 is 1.22. The highest BCUT2D eigenvalue weighted by Gasteiger charge is 2.27. The van der Waals surface area contributed by atoms with E-state index in [9.17, 15) is 0 Å². The Morgan fingerprint density at radius 2 is 2.24 bits per heavy atom. The molecule has 2 nitrogen and oxygen atoms in total. The summed E-state index contributed by atoms with van der Waals surface area (Å²) in [6.45, 7) is 3.61. The highest BCUT2D eigenvalue weighted by atomic mass is 79.9. The minimum atomic E-state index is 0.736. The van der Waals surface area contributed by atoms with E-state index in [1.54, 1.807) is 0 Å². The van der Waals surface area contributed by atoms with Crippen LogP contribution in [0.3, 0.4) is 0 Å². The molecule has 2 heterocycles. The molecule has 2 aliphatic rings. The average Bonchev–Trinajstić information content (AvgIpc) is 3.02. The van der Waals surface area contributed by atoms with Crippen LogP contribution in [0.5, 0.6) is 0 Å². The van der Waals surface area contributed by atoms with Gasteiger partial charge in [-0.3, -0.25) is 4.90 Å². The number of hydrogen-bond donors (Lipinski definition) is 1. The maximum absolute atomic E-state index is 3.77.